The molecule has 0 saturated carbocycles. The molecule has 0 fully saturated rings. The fraction of sp³-hybridized carbons (Fsp3) is 0.154. The monoisotopic (exact) mass is 264 g/mol. The van der Waals surface area contributed by atoms with E-state index in [1.54, 1.807) is 11.4 Å². The summed E-state index contributed by atoms with van der Waals surface area (Å²) in [5, 5.41) is 19.5. The van der Waals surface area contributed by atoms with Gasteiger partial charge in [-0.15, -0.1) is 11.3 Å². The summed E-state index contributed by atoms with van der Waals surface area (Å²) in [6.45, 7) is 0.317. The van der Waals surface area contributed by atoms with Crippen LogP contribution in [0, 0.1) is 0 Å². The van der Waals surface area contributed by atoms with Crippen molar-refractivity contribution in [2.24, 2.45) is 0 Å². The largest absolute Gasteiger partial charge is 0.487 e. The van der Waals surface area contributed by atoms with E-state index in [1.165, 1.54) is 0 Å². The first-order valence-electron chi connectivity index (χ1n) is 5.33. The van der Waals surface area contributed by atoms with Crippen molar-refractivity contribution in [2.45, 2.75) is 13.2 Å². The number of carboxylic acids is 1. The third kappa shape index (κ3) is 2.88. The van der Waals surface area contributed by atoms with E-state index in [0.29, 0.717) is 12.4 Å². The van der Waals surface area contributed by atoms with Crippen LogP contribution < -0.4 is 4.74 Å². The Morgan fingerprint density at radius 3 is 2.44 bits per heavy atom. The van der Waals surface area contributed by atoms with Gasteiger partial charge in [0.15, 0.2) is 4.88 Å². The number of carbonyl (C=O) groups is 1. The van der Waals surface area contributed by atoms with Gasteiger partial charge < -0.3 is 14.9 Å². The predicted molar refractivity (Wildman–Crippen MR) is 68.0 cm³/mol. The number of rotatable bonds is 5. The third-order valence-electron chi connectivity index (χ3n) is 2.42. The average molecular weight is 264 g/mol. The van der Waals surface area contributed by atoms with Crippen LogP contribution >= 0.6 is 11.3 Å². The van der Waals surface area contributed by atoms with E-state index in [1.807, 2.05) is 24.3 Å². The lowest BCUT2D eigenvalue weighted by Crippen LogP contribution is -2.00. The van der Waals surface area contributed by atoms with Crippen molar-refractivity contribution < 1.29 is 19.7 Å². The molecule has 94 valence electrons. The number of aromatic carboxylic acids is 1. The number of carboxylic acid groups (broad SMARTS) is 1. The summed E-state index contributed by atoms with van der Waals surface area (Å²) < 4.78 is 5.47. The summed E-state index contributed by atoms with van der Waals surface area (Å²) in [5.41, 5.74) is 1.76. The number of aliphatic hydroxyl groups excluding tert-OH is 1. The molecular formula is C13H12O4S. The number of hydrogen-bond donors (Lipinski definition) is 2. The molecule has 4 nitrogen and oxygen atoms in total. The van der Waals surface area contributed by atoms with Crippen LogP contribution in [0.1, 0.15) is 20.8 Å². The second-order valence-corrected chi connectivity index (χ2v) is 4.60. The van der Waals surface area contributed by atoms with Crippen molar-refractivity contribution in [3.05, 3.63) is 51.7 Å². The van der Waals surface area contributed by atoms with Crippen molar-refractivity contribution in [3.8, 4) is 5.75 Å². The van der Waals surface area contributed by atoms with E-state index in [9.17, 15) is 4.79 Å². The molecule has 0 atom stereocenters. The standard InChI is InChI=1S/C13H12O4S/c14-7-9-1-3-10(4-2-9)8-17-11-5-6-18-12(11)13(15)16/h1-6,14H,7-8H2,(H,15,16). The van der Waals surface area contributed by atoms with Crippen molar-refractivity contribution in [3.63, 3.8) is 0 Å². The summed E-state index contributed by atoms with van der Waals surface area (Å²) in [6.07, 6.45) is 0. The molecule has 0 unspecified atom stereocenters. The molecular weight excluding hydrogens is 252 g/mol. The normalized spacial score (nSPS) is 10.3. The lowest BCUT2D eigenvalue weighted by Gasteiger charge is -2.06. The zero-order chi connectivity index (χ0) is 13.0. The van der Waals surface area contributed by atoms with Crippen molar-refractivity contribution in [1.82, 2.24) is 0 Å². The summed E-state index contributed by atoms with van der Waals surface area (Å²) >= 11 is 1.14. The van der Waals surface area contributed by atoms with Crippen molar-refractivity contribution in [2.75, 3.05) is 0 Å². The number of hydrogen-bond acceptors (Lipinski definition) is 4. The van der Waals surface area contributed by atoms with Gasteiger partial charge in [-0.2, -0.15) is 0 Å². The molecule has 2 N–H and O–H groups in total. The maximum atomic E-state index is 10.9. The highest BCUT2D eigenvalue weighted by atomic mass is 32.1. The lowest BCUT2D eigenvalue weighted by molar-refractivity contribution is 0.0697. The van der Waals surface area contributed by atoms with Crippen LogP contribution in [0.3, 0.4) is 0 Å². The maximum Gasteiger partial charge on any atom is 0.349 e. The highest BCUT2D eigenvalue weighted by molar-refractivity contribution is 7.12. The quantitative estimate of drug-likeness (QED) is 0.870. The molecule has 1 aromatic heterocycles. The predicted octanol–water partition coefficient (Wildman–Crippen LogP) is 2.52. The van der Waals surface area contributed by atoms with Crippen LogP contribution in [-0.2, 0) is 13.2 Å². The van der Waals surface area contributed by atoms with Gasteiger partial charge in [-0.1, -0.05) is 24.3 Å². The number of ether oxygens (including phenoxy) is 1. The molecule has 0 bridgehead atoms. The molecule has 0 radical (unpaired) electrons. The molecule has 0 saturated heterocycles. The van der Waals surface area contributed by atoms with Crippen LogP contribution in [0.25, 0.3) is 0 Å². The Morgan fingerprint density at radius 1 is 1.17 bits per heavy atom. The summed E-state index contributed by atoms with van der Waals surface area (Å²) in [5.74, 6) is -0.589. The molecule has 0 aliphatic carbocycles. The Kier molecular flexibility index (Phi) is 3.96. The molecule has 2 rings (SSSR count). The van der Waals surface area contributed by atoms with E-state index in [2.05, 4.69) is 0 Å². The van der Waals surface area contributed by atoms with Gasteiger partial charge in [0.2, 0.25) is 0 Å². The summed E-state index contributed by atoms with van der Waals surface area (Å²) in [6, 6.07) is 8.96. The van der Waals surface area contributed by atoms with E-state index >= 15 is 0 Å². The molecule has 1 aromatic carbocycles. The first-order chi connectivity index (χ1) is 8.70. The molecule has 2 aromatic rings. The summed E-state index contributed by atoms with van der Waals surface area (Å²) in [7, 11) is 0. The zero-order valence-corrected chi connectivity index (χ0v) is 10.3. The fourth-order valence-electron chi connectivity index (χ4n) is 1.47. The molecule has 1 heterocycles. The minimum Gasteiger partial charge on any atom is -0.487 e. The minimum atomic E-state index is -0.976. The summed E-state index contributed by atoms with van der Waals surface area (Å²) in [4.78, 5) is 11.1. The van der Waals surface area contributed by atoms with Crippen LogP contribution in [0.4, 0.5) is 0 Å². The SMILES string of the molecule is O=C(O)c1sccc1OCc1ccc(CO)cc1. The zero-order valence-electron chi connectivity index (χ0n) is 9.50. The van der Waals surface area contributed by atoms with Crippen molar-refractivity contribution in [1.29, 1.82) is 0 Å². The van der Waals surface area contributed by atoms with Crippen LogP contribution in [0.15, 0.2) is 35.7 Å². The van der Waals surface area contributed by atoms with Gasteiger partial charge in [0, 0.05) is 0 Å². The first-order valence-corrected chi connectivity index (χ1v) is 6.21. The van der Waals surface area contributed by atoms with Crippen molar-refractivity contribution >= 4 is 17.3 Å². The number of benzene rings is 1. The Bertz CT molecular complexity index is 530. The van der Waals surface area contributed by atoms with Gasteiger partial charge in [0.05, 0.1) is 6.61 Å². The molecule has 0 aliphatic heterocycles. The van der Waals surface area contributed by atoms with Gasteiger partial charge in [-0.25, -0.2) is 4.79 Å². The lowest BCUT2D eigenvalue weighted by atomic mass is 10.1. The Balaban J connectivity index is 2.02. The topological polar surface area (TPSA) is 66.8 Å². The van der Waals surface area contributed by atoms with Crippen LogP contribution in [-0.4, -0.2) is 16.2 Å². The fourth-order valence-corrected chi connectivity index (χ4v) is 2.14. The Hall–Kier alpha value is -1.85. The molecule has 0 spiro atoms. The Morgan fingerprint density at radius 2 is 1.83 bits per heavy atom. The van der Waals surface area contributed by atoms with Gasteiger partial charge in [0.1, 0.15) is 12.4 Å². The van der Waals surface area contributed by atoms with Gasteiger partial charge >= 0.3 is 5.97 Å². The highest BCUT2D eigenvalue weighted by Gasteiger charge is 2.12. The second-order valence-electron chi connectivity index (χ2n) is 3.68. The van der Waals surface area contributed by atoms with Gasteiger partial charge in [-0.05, 0) is 22.6 Å². The molecule has 18 heavy (non-hydrogen) atoms. The van der Waals surface area contributed by atoms with Crippen LogP contribution in [0.5, 0.6) is 5.75 Å². The Labute approximate surface area is 108 Å². The van der Waals surface area contributed by atoms with E-state index in [0.717, 1.165) is 22.5 Å². The molecule has 0 amide bonds. The first kappa shape index (κ1) is 12.6. The van der Waals surface area contributed by atoms with E-state index < -0.39 is 5.97 Å². The van der Waals surface area contributed by atoms with E-state index in [4.69, 9.17) is 14.9 Å². The maximum absolute atomic E-state index is 10.9. The number of aliphatic hydroxyl groups is 1. The minimum absolute atomic E-state index is 0.00876. The van der Waals surface area contributed by atoms with Crippen LogP contribution in [0.2, 0.25) is 0 Å². The highest BCUT2D eigenvalue weighted by Crippen LogP contribution is 2.25. The number of thiophene rings is 1. The van der Waals surface area contributed by atoms with Gasteiger partial charge in [0.25, 0.3) is 0 Å². The van der Waals surface area contributed by atoms with E-state index in [-0.39, 0.29) is 11.5 Å². The smallest absolute Gasteiger partial charge is 0.349 e. The third-order valence-corrected chi connectivity index (χ3v) is 3.31. The average Bonchev–Trinajstić information content (AvgIpc) is 2.85. The molecule has 0 aliphatic rings. The van der Waals surface area contributed by atoms with Gasteiger partial charge in [-0.3, -0.25) is 0 Å². The molecule has 5 heteroatoms. The second kappa shape index (κ2) is 5.66.